The molecule has 1 aromatic heterocycles. The predicted molar refractivity (Wildman–Crippen MR) is 102 cm³/mol. The van der Waals surface area contributed by atoms with Gasteiger partial charge in [-0.25, -0.2) is 26.9 Å². The van der Waals surface area contributed by atoms with Crippen molar-refractivity contribution in [3.05, 3.63) is 47.9 Å². The SMILES string of the molecule is CS(=O)(=O)N1CC2(CC(Cc3ccc(NC(=O)OCc4cnco4)cc3F)C2)C1. The van der Waals surface area contributed by atoms with Crippen LogP contribution in [0.4, 0.5) is 14.9 Å². The second kappa shape index (κ2) is 7.42. The Morgan fingerprint density at radius 2 is 2.17 bits per heavy atom. The number of amides is 1. The summed E-state index contributed by atoms with van der Waals surface area (Å²) in [6.45, 7) is 1.08. The van der Waals surface area contributed by atoms with E-state index in [1.807, 2.05) is 0 Å². The second-order valence-electron chi connectivity index (χ2n) is 7.98. The molecule has 4 rings (SSSR count). The Bertz CT molecular complexity index is 995. The zero-order chi connectivity index (χ0) is 20.6. The highest BCUT2D eigenvalue weighted by Crippen LogP contribution is 2.53. The average Bonchev–Trinajstić information content (AvgIpc) is 3.08. The summed E-state index contributed by atoms with van der Waals surface area (Å²) in [5.74, 6) is 0.369. The lowest BCUT2D eigenvalue weighted by molar-refractivity contribution is -0.0521. The summed E-state index contributed by atoms with van der Waals surface area (Å²) in [6, 6.07) is 4.57. The van der Waals surface area contributed by atoms with Crippen LogP contribution >= 0.6 is 0 Å². The number of nitrogens with one attached hydrogen (secondary N) is 1. The minimum Gasteiger partial charge on any atom is -0.445 e. The van der Waals surface area contributed by atoms with Crippen molar-refractivity contribution < 1.29 is 26.8 Å². The van der Waals surface area contributed by atoms with Crippen molar-refractivity contribution in [2.24, 2.45) is 11.3 Å². The Hall–Kier alpha value is -2.46. The van der Waals surface area contributed by atoms with Gasteiger partial charge in [0.2, 0.25) is 10.0 Å². The smallest absolute Gasteiger partial charge is 0.412 e. The molecule has 1 aromatic carbocycles. The number of aromatic nitrogens is 1. The highest BCUT2D eigenvalue weighted by atomic mass is 32.2. The fourth-order valence-electron chi connectivity index (χ4n) is 4.21. The molecule has 1 N–H and O–H groups in total. The number of rotatable bonds is 6. The van der Waals surface area contributed by atoms with E-state index in [0.717, 1.165) is 12.8 Å². The van der Waals surface area contributed by atoms with Gasteiger partial charge in [0.25, 0.3) is 0 Å². The van der Waals surface area contributed by atoms with Gasteiger partial charge in [-0.3, -0.25) is 5.32 Å². The van der Waals surface area contributed by atoms with Crippen molar-refractivity contribution in [3.63, 3.8) is 0 Å². The van der Waals surface area contributed by atoms with Crippen LogP contribution in [0.3, 0.4) is 0 Å². The molecular weight excluding hydrogens is 401 g/mol. The van der Waals surface area contributed by atoms with E-state index in [4.69, 9.17) is 9.15 Å². The number of carbonyl (C=O) groups excluding carboxylic acids is 1. The van der Waals surface area contributed by atoms with Crippen molar-refractivity contribution in [2.45, 2.75) is 25.9 Å². The molecule has 1 aliphatic heterocycles. The van der Waals surface area contributed by atoms with Crippen molar-refractivity contribution >= 4 is 21.8 Å². The van der Waals surface area contributed by atoms with Crippen LogP contribution in [0.15, 0.2) is 35.2 Å². The van der Waals surface area contributed by atoms with E-state index in [1.165, 1.54) is 29.2 Å². The molecule has 2 heterocycles. The van der Waals surface area contributed by atoms with Gasteiger partial charge in [-0.05, 0) is 48.3 Å². The van der Waals surface area contributed by atoms with Gasteiger partial charge in [-0.15, -0.1) is 0 Å². The van der Waals surface area contributed by atoms with Gasteiger partial charge >= 0.3 is 6.09 Å². The van der Waals surface area contributed by atoms with E-state index < -0.39 is 16.1 Å². The van der Waals surface area contributed by atoms with E-state index in [1.54, 1.807) is 12.1 Å². The lowest BCUT2D eigenvalue weighted by Gasteiger charge is -2.58. The van der Waals surface area contributed by atoms with Crippen LogP contribution in [0.5, 0.6) is 0 Å². The van der Waals surface area contributed by atoms with Gasteiger partial charge in [-0.1, -0.05) is 6.07 Å². The number of carbonyl (C=O) groups is 1. The fraction of sp³-hybridized carbons (Fsp3) is 0.474. The molecule has 2 fully saturated rings. The van der Waals surface area contributed by atoms with Crippen molar-refractivity contribution in [3.8, 4) is 0 Å². The van der Waals surface area contributed by atoms with Crippen molar-refractivity contribution in [2.75, 3.05) is 24.7 Å². The molecule has 8 nitrogen and oxygen atoms in total. The third kappa shape index (κ3) is 4.43. The Labute approximate surface area is 168 Å². The average molecular weight is 423 g/mol. The number of oxazole rings is 1. The number of benzene rings is 1. The number of sulfonamides is 1. The molecule has 0 radical (unpaired) electrons. The van der Waals surface area contributed by atoms with E-state index in [2.05, 4.69) is 10.3 Å². The quantitative estimate of drug-likeness (QED) is 0.767. The van der Waals surface area contributed by atoms with Gasteiger partial charge in [-0.2, -0.15) is 0 Å². The summed E-state index contributed by atoms with van der Waals surface area (Å²) in [4.78, 5) is 15.5. The van der Waals surface area contributed by atoms with Crippen LogP contribution in [0.25, 0.3) is 0 Å². The first-order valence-electron chi connectivity index (χ1n) is 9.27. The lowest BCUT2D eigenvalue weighted by atomic mass is 9.57. The minimum atomic E-state index is -3.11. The largest absolute Gasteiger partial charge is 0.445 e. The van der Waals surface area contributed by atoms with Gasteiger partial charge in [0, 0.05) is 18.8 Å². The maximum Gasteiger partial charge on any atom is 0.412 e. The molecule has 10 heteroatoms. The first-order chi connectivity index (χ1) is 13.7. The Morgan fingerprint density at radius 3 is 2.79 bits per heavy atom. The third-order valence-electron chi connectivity index (χ3n) is 5.57. The first-order valence-corrected chi connectivity index (χ1v) is 11.1. The number of nitrogens with zero attached hydrogens (tertiary/aromatic N) is 2. The predicted octanol–water partition coefficient (Wildman–Crippen LogP) is 2.78. The molecule has 2 aliphatic rings. The summed E-state index contributed by atoms with van der Waals surface area (Å²) >= 11 is 0. The molecule has 1 aliphatic carbocycles. The maximum atomic E-state index is 14.4. The second-order valence-corrected chi connectivity index (χ2v) is 9.97. The lowest BCUT2D eigenvalue weighted by Crippen LogP contribution is -2.63. The summed E-state index contributed by atoms with van der Waals surface area (Å²) < 4.78 is 48.9. The summed E-state index contributed by atoms with van der Waals surface area (Å²) in [5, 5.41) is 2.48. The fourth-order valence-corrected chi connectivity index (χ4v) is 5.23. The third-order valence-corrected chi connectivity index (χ3v) is 6.77. The van der Waals surface area contributed by atoms with Crippen LogP contribution in [-0.2, 0) is 27.8 Å². The molecule has 156 valence electrons. The van der Waals surface area contributed by atoms with Crippen LogP contribution < -0.4 is 5.32 Å². The standard InChI is InChI=1S/C19H22FN3O5S/c1-29(25,26)23-10-19(11-23)6-13(7-19)4-14-2-3-15(5-17(14)20)22-18(24)27-9-16-8-21-12-28-16/h2-3,5,8,12-13H,4,6-7,9-11H2,1H3,(H,22,24). The molecule has 0 unspecified atom stereocenters. The maximum absolute atomic E-state index is 14.4. The van der Waals surface area contributed by atoms with Crippen LogP contribution in [0, 0.1) is 17.2 Å². The Kier molecular flexibility index (Phi) is 5.07. The van der Waals surface area contributed by atoms with Gasteiger partial charge in [0.05, 0.1) is 12.5 Å². The Morgan fingerprint density at radius 1 is 1.41 bits per heavy atom. The topological polar surface area (TPSA) is 102 Å². The number of hydrogen-bond acceptors (Lipinski definition) is 6. The normalized spacial score (nSPS) is 18.8. The summed E-state index contributed by atoms with van der Waals surface area (Å²) in [7, 11) is -3.11. The van der Waals surface area contributed by atoms with Crippen molar-refractivity contribution in [1.29, 1.82) is 0 Å². The monoisotopic (exact) mass is 423 g/mol. The molecule has 2 aromatic rings. The molecular formula is C19H22FN3O5S. The summed E-state index contributed by atoms with van der Waals surface area (Å²) in [6.07, 6.45) is 5.61. The van der Waals surface area contributed by atoms with E-state index in [0.29, 0.717) is 42.4 Å². The zero-order valence-corrected chi connectivity index (χ0v) is 16.7. The number of anilines is 1. The number of hydrogen-bond donors (Lipinski definition) is 1. The van der Waals surface area contributed by atoms with Crippen LogP contribution in [0.2, 0.25) is 0 Å². The first kappa shape index (κ1) is 19.8. The molecule has 0 atom stereocenters. The van der Waals surface area contributed by atoms with Gasteiger partial charge < -0.3 is 9.15 Å². The van der Waals surface area contributed by atoms with Gasteiger partial charge in [0.1, 0.15) is 5.82 Å². The number of halogens is 1. The molecule has 1 saturated carbocycles. The van der Waals surface area contributed by atoms with E-state index in [-0.39, 0.29) is 17.8 Å². The molecule has 1 spiro atoms. The molecule has 29 heavy (non-hydrogen) atoms. The van der Waals surface area contributed by atoms with E-state index >= 15 is 0 Å². The van der Waals surface area contributed by atoms with Crippen molar-refractivity contribution in [1.82, 2.24) is 9.29 Å². The molecule has 0 bridgehead atoms. The van der Waals surface area contributed by atoms with E-state index in [9.17, 15) is 17.6 Å². The molecule has 1 saturated heterocycles. The minimum absolute atomic E-state index is 0.0629. The number of ether oxygens (including phenoxy) is 1. The van der Waals surface area contributed by atoms with Crippen LogP contribution in [-0.4, -0.2) is 43.1 Å². The zero-order valence-electron chi connectivity index (χ0n) is 15.9. The van der Waals surface area contributed by atoms with Gasteiger partial charge in [0.15, 0.2) is 18.8 Å². The highest BCUT2D eigenvalue weighted by molar-refractivity contribution is 7.88. The Balaban J connectivity index is 1.25. The highest BCUT2D eigenvalue weighted by Gasteiger charge is 2.54. The van der Waals surface area contributed by atoms with Crippen LogP contribution in [0.1, 0.15) is 24.2 Å². The summed E-state index contributed by atoms with van der Waals surface area (Å²) in [5.41, 5.74) is 0.977. The molecule has 1 amide bonds.